The summed E-state index contributed by atoms with van der Waals surface area (Å²) in [4.78, 5) is 0. The summed E-state index contributed by atoms with van der Waals surface area (Å²) in [5.74, 6) is 0. The summed E-state index contributed by atoms with van der Waals surface area (Å²) >= 11 is 0. The molecule has 0 heteroatoms. The van der Waals surface area contributed by atoms with E-state index < -0.39 is 211 Å². The molecule has 7 aromatic rings. The highest BCUT2D eigenvalue weighted by Crippen LogP contribution is 2.46. The van der Waals surface area contributed by atoms with E-state index in [2.05, 4.69) is 0 Å². The first-order valence-electron chi connectivity index (χ1n) is 22.5. The van der Waals surface area contributed by atoms with Gasteiger partial charge in [-0.2, -0.15) is 0 Å². The van der Waals surface area contributed by atoms with Crippen LogP contribution in [-0.2, 0) is 0 Å². The maximum absolute atomic E-state index is 9.31. The van der Waals surface area contributed by atoms with Crippen molar-refractivity contribution >= 4 is 32.3 Å². The van der Waals surface area contributed by atoms with Crippen LogP contribution >= 0.6 is 0 Å². The Kier molecular flexibility index (Phi) is 1.81. The minimum atomic E-state index is -1.03. The van der Waals surface area contributed by atoms with Crippen molar-refractivity contribution in [3.05, 3.63) is 145 Å². The topological polar surface area (TPSA) is 0 Å². The largest absolute Gasteiger partial charge is 0.0629 e. The van der Waals surface area contributed by atoms with E-state index in [1.54, 1.807) is 0 Å². The molecule has 0 heterocycles. The Morgan fingerprint density at radius 1 is 0.306 bits per heavy atom. The van der Waals surface area contributed by atoms with Gasteiger partial charge in [-0.25, -0.2) is 0 Å². The number of benzene rings is 7. The number of fused-ring (bicyclic) bond motifs is 3. The summed E-state index contributed by atoms with van der Waals surface area (Å²) in [6.45, 7) is 0. The van der Waals surface area contributed by atoms with Crippen LogP contribution in [0.1, 0.15) is 32.9 Å². The Morgan fingerprint density at radius 2 is 0.722 bits per heavy atom. The number of rotatable bonds is 3. The van der Waals surface area contributed by atoms with E-state index in [9.17, 15) is 8.22 Å². The molecule has 0 aliphatic rings. The van der Waals surface area contributed by atoms with E-state index in [0.717, 1.165) is 0 Å². The van der Waals surface area contributed by atoms with Crippen molar-refractivity contribution in [1.29, 1.82) is 0 Å². The maximum atomic E-state index is 9.31. The lowest BCUT2D eigenvalue weighted by Gasteiger charge is -2.20. The molecule has 7 rings (SSSR count). The van der Waals surface area contributed by atoms with Crippen molar-refractivity contribution in [3.8, 4) is 33.4 Å². The van der Waals surface area contributed by atoms with Gasteiger partial charge in [0.05, 0.1) is 32.9 Å². The molecule has 0 N–H and O–H groups in total. The molecule has 36 heavy (non-hydrogen) atoms. The fourth-order valence-electron chi connectivity index (χ4n) is 4.19. The molecule has 0 bridgehead atoms. The van der Waals surface area contributed by atoms with Gasteiger partial charge in [0.15, 0.2) is 0 Å². The minimum Gasteiger partial charge on any atom is -0.0622 e. The highest BCUT2D eigenvalue weighted by atomic mass is 14.2. The molecule has 0 saturated carbocycles. The van der Waals surface area contributed by atoms with Crippen LogP contribution in [0.25, 0.3) is 65.7 Å². The van der Waals surface area contributed by atoms with E-state index in [-0.39, 0.29) is 0 Å². The van der Waals surface area contributed by atoms with Crippen molar-refractivity contribution in [2.24, 2.45) is 0 Å². The Labute approximate surface area is 244 Å². The quantitative estimate of drug-likeness (QED) is 0.221. The third-order valence-corrected chi connectivity index (χ3v) is 5.62. The summed E-state index contributed by atoms with van der Waals surface area (Å²) in [5, 5.41) is -4.13. The Bertz CT molecular complexity index is 3070. The molecule has 0 saturated heterocycles. The highest BCUT2D eigenvalue weighted by molar-refractivity contribution is 6.24. The Hall–Kier alpha value is -4.68. The monoisotopic (exact) mass is 480 g/mol. The van der Waals surface area contributed by atoms with Gasteiger partial charge in [0.1, 0.15) is 0 Å². The highest BCUT2D eigenvalue weighted by Gasteiger charge is 2.19. The lowest BCUT2D eigenvalue weighted by Crippen LogP contribution is -1.93. The molecule has 0 aromatic heterocycles. The molecule has 0 aliphatic carbocycles. The second-order valence-electron chi connectivity index (χ2n) is 7.50. The van der Waals surface area contributed by atoms with E-state index in [4.69, 9.17) is 24.7 Å². The molecule has 168 valence electrons. The smallest absolute Gasteiger partial charge is 0.0622 e. The van der Waals surface area contributed by atoms with Crippen LogP contribution in [0.15, 0.2) is 145 Å². The zero-order valence-electron chi connectivity index (χ0n) is 42.0. The van der Waals surface area contributed by atoms with E-state index in [1.165, 1.54) is 0 Å². The van der Waals surface area contributed by atoms with E-state index >= 15 is 0 Å². The van der Waals surface area contributed by atoms with Gasteiger partial charge in [0.25, 0.3) is 0 Å². The molecule has 7 aromatic carbocycles. The SMILES string of the molecule is [2H]c1c([2H])c([2H])c(-c2c([2H])c([2H])c([2H])c([2H])c2-c2c3c([2H])c([2H])c([2H])c([2H])c3c(-c3c([2H])c([2H])c([2H])c4c([2H])c([2H])c([2H])c([2H])c34)c3c([2H])c([2H])c([2H])c([2H])c23)c([2H])c1[2H]. The van der Waals surface area contributed by atoms with E-state index in [1.807, 2.05) is 0 Å². The van der Waals surface area contributed by atoms with Crippen LogP contribution in [0.3, 0.4) is 0 Å². The van der Waals surface area contributed by atoms with Crippen LogP contribution < -0.4 is 0 Å². The van der Waals surface area contributed by atoms with Crippen molar-refractivity contribution in [2.45, 2.75) is 0 Å². The first-order chi connectivity index (χ1) is 27.9. The predicted molar refractivity (Wildman–Crippen MR) is 155 cm³/mol. The normalized spacial score (nSPS) is 20.7. The zero-order chi connectivity index (χ0) is 44.8. The van der Waals surface area contributed by atoms with Crippen LogP contribution in [0.2, 0.25) is 0 Å². The maximum Gasteiger partial charge on any atom is 0.0629 e. The Morgan fingerprint density at radius 3 is 1.36 bits per heavy atom. The van der Waals surface area contributed by atoms with Crippen LogP contribution in [0.5, 0.6) is 0 Å². The average Bonchev–Trinajstić information content (AvgIpc) is 3.22. The van der Waals surface area contributed by atoms with Crippen LogP contribution in [-0.4, -0.2) is 0 Å². The molecule has 0 nitrogen and oxygen atoms in total. The minimum absolute atomic E-state index is 0.607. The number of hydrogen-bond acceptors (Lipinski definition) is 0. The third kappa shape index (κ3) is 3.23. The van der Waals surface area contributed by atoms with Crippen molar-refractivity contribution in [2.75, 3.05) is 0 Å². The van der Waals surface area contributed by atoms with Gasteiger partial charge in [0, 0.05) is 0 Å². The summed E-state index contributed by atoms with van der Waals surface area (Å²) in [6.07, 6.45) is 0. The second-order valence-corrected chi connectivity index (χ2v) is 7.50. The molecule has 0 amide bonds. The first kappa shape index (κ1) is 7.66. The lowest BCUT2D eigenvalue weighted by molar-refractivity contribution is 1.61. The molecule has 0 spiro atoms. The fourth-order valence-corrected chi connectivity index (χ4v) is 4.19. The average molecular weight is 481 g/mol. The summed E-state index contributed by atoms with van der Waals surface area (Å²) in [5.41, 5.74) is -4.53. The molecule has 0 aliphatic heterocycles. The van der Waals surface area contributed by atoms with Crippen molar-refractivity contribution in [3.63, 3.8) is 0 Å². The van der Waals surface area contributed by atoms with Gasteiger partial charge < -0.3 is 0 Å². The van der Waals surface area contributed by atoms with Gasteiger partial charge in [-0.1, -0.05) is 145 Å². The van der Waals surface area contributed by atoms with Gasteiger partial charge in [-0.3, -0.25) is 0 Å². The standard InChI is InChI=1S/C36H24/c1-2-13-25(14-3-1)27-18-6-7-19-29(27)35-31-20-8-10-22-33(31)36(34-23-11-9-21-32(34)35)30-24-12-16-26-15-4-5-17-28(26)30/h1-24H/i1D,2D,3D,4D,5D,6D,7D,8D,9D,10D,11D,12D,13D,14D,15D,16D,17D,18D,19D,20D,21D,22D,23D,24D. The zero-order valence-corrected chi connectivity index (χ0v) is 18.0. The van der Waals surface area contributed by atoms with Crippen molar-refractivity contribution < 1.29 is 32.9 Å². The van der Waals surface area contributed by atoms with Gasteiger partial charge in [-0.05, 0) is 65.7 Å². The third-order valence-electron chi connectivity index (χ3n) is 5.62. The summed E-state index contributed by atoms with van der Waals surface area (Å²) in [6, 6.07) is -22.6. The van der Waals surface area contributed by atoms with E-state index in [0.29, 0.717) is 0 Å². The molecule has 0 fully saturated rings. The molecular weight excluding hydrogens is 432 g/mol. The molecule has 0 unspecified atom stereocenters. The van der Waals surface area contributed by atoms with Gasteiger partial charge >= 0.3 is 0 Å². The first-order valence-corrected chi connectivity index (χ1v) is 10.5. The van der Waals surface area contributed by atoms with Gasteiger partial charge in [-0.15, -0.1) is 0 Å². The predicted octanol–water partition coefficient (Wildman–Crippen LogP) is 10.1. The second kappa shape index (κ2) is 8.52. The molecule has 0 radical (unpaired) electrons. The number of hydrogen-bond donors (Lipinski definition) is 0. The summed E-state index contributed by atoms with van der Waals surface area (Å²) < 4.78 is 211. The van der Waals surface area contributed by atoms with Crippen molar-refractivity contribution in [1.82, 2.24) is 0 Å². The molecule has 0 atom stereocenters. The van der Waals surface area contributed by atoms with Crippen LogP contribution in [0.4, 0.5) is 0 Å². The fraction of sp³-hybridized carbons (Fsp3) is 0. The van der Waals surface area contributed by atoms with Gasteiger partial charge in [0.2, 0.25) is 0 Å². The Balaban J connectivity index is 1.98. The molecular formula is C36H24. The summed E-state index contributed by atoms with van der Waals surface area (Å²) in [7, 11) is 0. The lowest BCUT2D eigenvalue weighted by atomic mass is 9.83. The van der Waals surface area contributed by atoms with Crippen LogP contribution in [0, 0.1) is 0 Å².